The molecule has 1 saturated heterocycles. The standard InChI is InChI=1S/C15H25NO3/c1-11-4-3-8-16(9-7-11)14(17)12-5-2-6-13(10-12)15(18)19/h11-13H,2-10H2,1H3,(H,18,19). The van der Waals surface area contributed by atoms with Crippen LogP contribution in [0.15, 0.2) is 0 Å². The number of rotatable bonds is 2. The van der Waals surface area contributed by atoms with Gasteiger partial charge in [-0.05, 0) is 44.4 Å². The third kappa shape index (κ3) is 3.71. The average Bonchev–Trinajstić information content (AvgIpc) is 2.63. The highest BCUT2D eigenvalue weighted by Gasteiger charge is 2.33. The fourth-order valence-electron chi connectivity index (χ4n) is 3.38. The SMILES string of the molecule is CC1CCCN(C(=O)C2CCCC(C(=O)O)C2)CC1. The number of hydrogen-bond donors (Lipinski definition) is 1. The molecule has 1 aliphatic carbocycles. The molecule has 0 aromatic heterocycles. The van der Waals surface area contributed by atoms with Crippen LogP contribution in [0.5, 0.6) is 0 Å². The van der Waals surface area contributed by atoms with Gasteiger partial charge in [-0.3, -0.25) is 9.59 Å². The summed E-state index contributed by atoms with van der Waals surface area (Å²) in [7, 11) is 0. The summed E-state index contributed by atoms with van der Waals surface area (Å²) >= 11 is 0. The van der Waals surface area contributed by atoms with Gasteiger partial charge in [0.05, 0.1) is 5.92 Å². The summed E-state index contributed by atoms with van der Waals surface area (Å²) in [5, 5.41) is 9.10. The second-order valence-electron chi connectivity index (χ2n) is 6.26. The van der Waals surface area contributed by atoms with Crippen molar-refractivity contribution >= 4 is 11.9 Å². The second-order valence-corrected chi connectivity index (χ2v) is 6.26. The molecule has 1 N–H and O–H groups in total. The van der Waals surface area contributed by atoms with Crippen molar-refractivity contribution < 1.29 is 14.7 Å². The number of carbonyl (C=O) groups is 2. The monoisotopic (exact) mass is 267 g/mol. The summed E-state index contributed by atoms with van der Waals surface area (Å²) in [4.78, 5) is 25.6. The predicted octanol–water partition coefficient (Wildman–Crippen LogP) is 2.53. The van der Waals surface area contributed by atoms with Crippen LogP contribution in [0.2, 0.25) is 0 Å². The second kappa shape index (κ2) is 6.40. The highest BCUT2D eigenvalue weighted by Crippen LogP contribution is 2.31. The Morgan fingerprint density at radius 2 is 1.74 bits per heavy atom. The molecule has 19 heavy (non-hydrogen) atoms. The summed E-state index contributed by atoms with van der Waals surface area (Å²) in [6.45, 7) is 3.96. The number of amides is 1. The molecule has 0 bridgehead atoms. The molecule has 1 heterocycles. The zero-order chi connectivity index (χ0) is 13.8. The van der Waals surface area contributed by atoms with Gasteiger partial charge in [0.1, 0.15) is 0 Å². The van der Waals surface area contributed by atoms with Crippen LogP contribution in [-0.2, 0) is 9.59 Å². The first kappa shape index (κ1) is 14.4. The Morgan fingerprint density at radius 1 is 1.00 bits per heavy atom. The van der Waals surface area contributed by atoms with Gasteiger partial charge in [-0.1, -0.05) is 13.3 Å². The lowest BCUT2D eigenvalue weighted by atomic mass is 9.80. The van der Waals surface area contributed by atoms with Crippen LogP contribution in [0.1, 0.15) is 51.9 Å². The lowest BCUT2D eigenvalue weighted by Crippen LogP contribution is -2.39. The minimum atomic E-state index is -0.734. The Bertz CT molecular complexity index is 342. The van der Waals surface area contributed by atoms with Crippen molar-refractivity contribution in [3.63, 3.8) is 0 Å². The van der Waals surface area contributed by atoms with Gasteiger partial charge in [-0.25, -0.2) is 0 Å². The molecule has 0 radical (unpaired) electrons. The smallest absolute Gasteiger partial charge is 0.306 e. The van der Waals surface area contributed by atoms with Crippen molar-refractivity contribution in [3.05, 3.63) is 0 Å². The van der Waals surface area contributed by atoms with Crippen LogP contribution in [0.3, 0.4) is 0 Å². The molecule has 0 aromatic carbocycles. The van der Waals surface area contributed by atoms with E-state index in [1.807, 2.05) is 4.90 Å². The number of aliphatic carboxylic acids is 1. The van der Waals surface area contributed by atoms with Crippen molar-refractivity contribution in [2.24, 2.45) is 17.8 Å². The summed E-state index contributed by atoms with van der Waals surface area (Å²) in [6.07, 6.45) is 6.39. The van der Waals surface area contributed by atoms with Crippen molar-refractivity contribution in [1.82, 2.24) is 4.90 Å². The quantitative estimate of drug-likeness (QED) is 0.836. The Balaban J connectivity index is 1.93. The normalized spacial score (nSPS) is 32.7. The molecule has 1 amide bonds. The summed E-state index contributed by atoms with van der Waals surface area (Å²) < 4.78 is 0. The molecular weight excluding hydrogens is 242 g/mol. The third-order valence-electron chi connectivity index (χ3n) is 4.70. The summed E-state index contributed by atoms with van der Waals surface area (Å²) in [5.41, 5.74) is 0. The molecule has 1 saturated carbocycles. The molecule has 4 heteroatoms. The highest BCUT2D eigenvalue weighted by atomic mass is 16.4. The van der Waals surface area contributed by atoms with Gasteiger partial charge in [0, 0.05) is 19.0 Å². The molecule has 0 aromatic rings. The minimum Gasteiger partial charge on any atom is -0.481 e. The number of carboxylic acid groups (broad SMARTS) is 1. The number of hydrogen-bond acceptors (Lipinski definition) is 2. The van der Waals surface area contributed by atoms with Crippen molar-refractivity contribution in [3.8, 4) is 0 Å². The van der Waals surface area contributed by atoms with E-state index in [0.29, 0.717) is 12.3 Å². The van der Waals surface area contributed by atoms with E-state index in [-0.39, 0.29) is 17.7 Å². The fraction of sp³-hybridized carbons (Fsp3) is 0.867. The van der Waals surface area contributed by atoms with Gasteiger partial charge >= 0.3 is 5.97 Å². The molecule has 2 aliphatic rings. The lowest BCUT2D eigenvalue weighted by molar-refractivity contribution is -0.145. The summed E-state index contributed by atoms with van der Waals surface area (Å²) in [5.74, 6) is -0.185. The molecule has 3 atom stereocenters. The summed E-state index contributed by atoms with van der Waals surface area (Å²) in [6, 6.07) is 0. The van der Waals surface area contributed by atoms with Gasteiger partial charge < -0.3 is 10.0 Å². The van der Waals surface area contributed by atoms with Crippen molar-refractivity contribution in [2.45, 2.75) is 51.9 Å². The molecule has 3 unspecified atom stereocenters. The van der Waals surface area contributed by atoms with E-state index in [0.717, 1.165) is 45.2 Å². The average molecular weight is 267 g/mol. The number of carboxylic acids is 1. The van der Waals surface area contributed by atoms with E-state index in [1.54, 1.807) is 0 Å². The van der Waals surface area contributed by atoms with E-state index >= 15 is 0 Å². The zero-order valence-corrected chi connectivity index (χ0v) is 11.8. The molecule has 4 nitrogen and oxygen atoms in total. The van der Waals surface area contributed by atoms with Gasteiger partial charge in [-0.15, -0.1) is 0 Å². The van der Waals surface area contributed by atoms with E-state index in [4.69, 9.17) is 5.11 Å². The van der Waals surface area contributed by atoms with Crippen LogP contribution >= 0.6 is 0 Å². The maximum Gasteiger partial charge on any atom is 0.306 e. The van der Waals surface area contributed by atoms with E-state index in [1.165, 1.54) is 6.42 Å². The van der Waals surface area contributed by atoms with E-state index in [9.17, 15) is 9.59 Å². The fourth-order valence-corrected chi connectivity index (χ4v) is 3.38. The number of nitrogens with zero attached hydrogens (tertiary/aromatic N) is 1. The van der Waals surface area contributed by atoms with Crippen molar-refractivity contribution in [2.75, 3.05) is 13.1 Å². The third-order valence-corrected chi connectivity index (χ3v) is 4.70. The van der Waals surface area contributed by atoms with Crippen LogP contribution in [-0.4, -0.2) is 35.0 Å². The first-order valence-corrected chi connectivity index (χ1v) is 7.59. The minimum absolute atomic E-state index is 0.0525. The zero-order valence-electron chi connectivity index (χ0n) is 11.8. The van der Waals surface area contributed by atoms with Crippen LogP contribution in [0.25, 0.3) is 0 Å². The Hall–Kier alpha value is -1.06. The van der Waals surface area contributed by atoms with Gasteiger partial charge in [0.25, 0.3) is 0 Å². The predicted molar refractivity (Wildman–Crippen MR) is 72.7 cm³/mol. The van der Waals surface area contributed by atoms with Gasteiger partial charge in [-0.2, -0.15) is 0 Å². The van der Waals surface area contributed by atoms with Crippen LogP contribution in [0.4, 0.5) is 0 Å². The maximum absolute atomic E-state index is 12.5. The molecule has 2 fully saturated rings. The Kier molecular flexibility index (Phi) is 4.83. The topological polar surface area (TPSA) is 57.6 Å². The molecule has 108 valence electrons. The van der Waals surface area contributed by atoms with E-state index in [2.05, 4.69) is 6.92 Å². The van der Waals surface area contributed by atoms with Gasteiger partial charge in [0.15, 0.2) is 0 Å². The van der Waals surface area contributed by atoms with Crippen LogP contribution < -0.4 is 0 Å². The first-order valence-electron chi connectivity index (χ1n) is 7.59. The highest BCUT2D eigenvalue weighted by molar-refractivity contribution is 5.80. The van der Waals surface area contributed by atoms with E-state index < -0.39 is 5.97 Å². The lowest BCUT2D eigenvalue weighted by Gasteiger charge is -2.30. The molecule has 0 spiro atoms. The molecule has 1 aliphatic heterocycles. The van der Waals surface area contributed by atoms with Crippen molar-refractivity contribution in [1.29, 1.82) is 0 Å². The van der Waals surface area contributed by atoms with Crippen LogP contribution in [0, 0.1) is 17.8 Å². The maximum atomic E-state index is 12.5. The Morgan fingerprint density at radius 3 is 2.47 bits per heavy atom. The van der Waals surface area contributed by atoms with Gasteiger partial charge in [0.2, 0.25) is 5.91 Å². The Labute approximate surface area is 115 Å². The largest absolute Gasteiger partial charge is 0.481 e. The first-order chi connectivity index (χ1) is 9.08. The molecule has 2 rings (SSSR count). The number of likely N-dealkylation sites (tertiary alicyclic amines) is 1. The number of carbonyl (C=O) groups excluding carboxylic acids is 1. The molecular formula is C15H25NO3.